The number of aromatic nitrogens is 1. The number of fused-ring (bicyclic) bond motifs is 1. The summed E-state index contributed by atoms with van der Waals surface area (Å²) in [5.41, 5.74) is 8.17. The second-order valence-corrected chi connectivity index (χ2v) is 4.72. The largest absolute Gasteiger partial charge is 0.399 e. The van der Waals surface area contributed by atoms with E-state index >= 15 is 0 Å². The first kappa shape index (κ1) is 13.3. The van der Waals surface area contributed by atoms with Crippen molar-refractivity contribution in [1.29, 1.82) is 0 Å². The van der Waals surface area contributed by atoms with Crippen LogP contribution in [-0.2, 0) is 6.54 Å². The van der Waals surface area contributed by atoms with Crippen LogP contribution in [0.5, 0.6) is 0 Å². The molecule has 106 valence electrons. The average molecular weight is 285 g/mol. The van der Waals surface area contributed by atoms with E-state index in [1.165, 1.54) is 6.07 Å². The van der Waals surface area contributed by atoms with Crippen LogP contribution in [0, 0.1) is 11.6 Å². The molecule has 1 aromatic heterocycles. The van der Waals surface area contributed by atoms with Gasteiger partial charge in [0, 0.05) is 35.1 Å². The minimum Gasteiger partial charge on any atom is -0.399 e. The molecule has 0 atom stereocenters. The monoisotopic (exact) mass is 285 g/mol. The van der Waals surface area contributed by atoms with Crippen LogP contribution < -0.4 is 11.1 Å². The van der Waals surface area contributed by atoms with Crippen molar-refractivity contribution in [3.63, 3.8) is 0 Å². The summed E-state index contributed by atoms with van der Waals surface area (Å²) >= 11 is 0. The molecule has 0 saturated heterocycles. The fraction of sp³-hybridized carbons (Fsp3) is 0.0625. The number of pyridine rings is 1. The van der Waals surface area contributed by atoms with Gasteiger partial charge in [-0.15, -0.1) is 0 Å². The van der Waals surface area contributed by atoms with Gasteiger partial charge >= 0.3 is 0 Å². The molecule has 3 N–H and O–H groups in total. The Morgan fingerprint density at radius 3 is 2.76 bits per heavy atom. The maximum absolute atomic E-state index is 13.6. The molecule has 21 heavy (non-hydrogen) atoms. The molecule has 0 aliphatic heterocycles. The normalized spacial score (nSPS) is 10.8. The number of hydrogen-bond acceptors (Lipinski definition) is 3. The minimum atomic E-state index is -0.458. The molecule has 0 spiro atoms. The summed E-state index contributed by atoms with van der Waals surface area (Å²) in [6, 6.07) is 10.6. The lowest BCUT2D eigenvalue weighted by Crippen LogP contribution is -2.03. The van der Waals surface area contributed by atoms with E-state index in [1.807, 2.05) is 6.07 Å². The van der Waals surface area contributed by atoms with E-state index in [0.29, 0.717) is 5.69 Å². The van der Waals surface area contributed by atoms with Crippen molar-refractivity contribution in [3.05, 3.63) is 65.9 Å². The number of halogens is 2. The molecule has 0 unspecified atom stereocenters. The Balaban J connectivity index is 1.90. The molecule has 0 aliphatic carbocycles. The standard InChI is InChI=1S/C16H13F2N3/c17-11-1-4-14(18)10(7-11)9-21-15-5-6-20-16-8-12(19)2-3-13(15)16/h1-8H,9,19H2,(H,20,21). The Hall–Kier alpha value is -2.69. The van der Waals surface area contributed by atoms with E-state index < -0.39 is 11.6 Å². The van der Waals surface area contributed by atoms with Crippen LogP contribution in [0.3, 0.4) is 0 Å². The maximum atomic E-state index is 13.6. The van der Waals surface area contributed by atoms with Gasteiger partial charge in [-0.2, -0.15) is 0 Å². The van der Waals surface area contributed by atoms with Crippen LogP contribution in [-0.4, -0.2) is 4.98 Å². The second kappa shape index (κ2) is 5.36. The number of anilines is 2. The van der Waals surface area contributed by atoms with Crippen LogP contribution in [0.2, 0.25) is 0 Å². The van der Waals surface area contributed by atoms with Crippen LogP contribution in [0.15, 0.2) is 48.7 Å². The molecule has 0 amide bonds. The molecule has 3 rings (SSSR count). The Morgan fingerprint density at radius 2 is 1.90 bits per heavy atom. The van der Waals surface area contributed by atoms with Crippen LogP contribution in [0.25, 0.3) is 10.9 Å². The van der Waals surface area contributed by atoms with Crippen molar-refractivity contribution in [1.82, 2.24) is 4.98 Å². The van der Waals surface area contributed by atoms with Crippen molar-refractivity contribution in [2.75, 3.05) is 11.1 Å². The highest BCUT2D eigenvalue weighted by Gasteiger charge is 2.06. The van der Waals surface area contributed by atoms with E-state index in [2.05, 4.69) is 10.3 Å². The number of hydrogen-bond donors (Lipinski definition) is 2. The van der Waals surface area contributed by atoms with Gasteiger partial charge in [-0.1, -0.05) is 0 Å². The fourth-order valence-electron chi connectivity index (χ4n) is 2.19. The molecule has 0 saturated carbocycles. The summed E-state index contributed by atoms with van der Waals surface area (Å²) in [6.07, 6.45) is 1.64. The highest BCUT2D eigenvalue weighted by atomic mass is 19.1. The smallest absolute Gasteiger partial charge is 0.128 e. The summed E-state index contributed by atoms with van der Waals surface area (Å²) in [5.74, 6) is -0.896. The van der Waals surface area contributed by atoms with Gasteiger partial charge in [0.15, 0.2) is 0 Å². The molecule has 0 bridgehead atoms. The van der Waals surface area contributed by atoms with Gasteiger partial charge in [-0.3, -0.25) is 4.98 Å². The fourth-order valence-corrected chi connectivity index (χ4v) is 2.19. The van der Waals surface area contributed by atoms with Crippen LogP contribution >= 0.6 is 0 Å². The van der Waals surface area contributed by atoms with Crippen LogP contribution in [0.1, 0.15) is 5.56 Å². The number of benzene rings is 2. The lowest BCUT2D eigenvalue weighted by atomic mass is 10.1. The Morgan fingerprint density at radius 1 is 1.05 bits per heavy atom. The number of nitrogens with one attached hydrogen (secondary N) is 1. The van der Waals surface area contributed by atoms with Crippen molar-refractivity contribution < 1.29 is 8.78 Å². The zero-order chi connectivity index (χ0) is 14.8. The second-order valence-electron chi connectivity index (χ2n) is 4.72. The third-order valence-electron chi connectivity index (χ3n) is 3.24. The molecule has 1 heterocycles. The Kier molecular flexibility index (Phi) is 3.39. The van der Waals surface area contributed by atoms with Crippen molar-refractivity contribution >= 4 is 22.3 Å². The Labute approximate surface area is 120 Å². The van der Waals surface area contributed by atoms with Gasteiger partial charge in [-0.25, -0.2) is 8.78 Å². The summed E-state index contributed by atoms with van der Waals surface area (Å²) in [5, 5.41) is 3.98. The quantitative estimate of drug-likeness (QED) is 0.721. The molecule has 0 aliphatic rings. The molecule has 3 nitrogen and oxygen atoms in total. The predicted molar refractivity (Wildman–Crippen MR) is 79.8 cm³/mol. The van der Waals surface area contributed by atoms with E-state index in [0.717, 1.165) is 28.7 Å². The number of nitrogen functional groups attached to an aromatic ring is 1. The summed E-state index contributed by atoms with van der Waals surface area (Å²) in [7, 11) is 0. The van der Waals surface area contributed by atoms with Crippen molar-refractivity contribution in [3.8, 4) is 0 Å². The Bertz CT molecular complexity index is 803. The third-order valence-corrected chi connectivity index (χ3v) is 3.24. The third kappa shape index (κ3) is 2.76. The maximum Gasteiger partial charge on any atom is 0.128 e. The van der Waals surface area contributed by atoms with Gasteiger partial charge < -0.3 is 11.1 Å². The van der Waals surface area contributed by atoms with Gasteiger partial charge in [0.05, 0.1) is 5.52 Å². The van der Waals surface area contributed by atoms with E-state index in [4.69, 9.17) is 5.73 Å². The van der Waals surface area contributed by atoms with E-state index in [1.54, 1.807) is 24.4 Å². The van der Waals surface area contributed by atoms with E-state index in [-0.39, 0.29) is 12.1 Å². The van der Waals surface area contributed by atoms with Crippen molar-refractivity contribution in [2.45, 2.75) is 6.54 Å². The molecule has 0 radical (unpaired) electrons. The highest BCUT2D eigenvalue weighted by Crippen LogP contribution is 2.24. The molecule has 5 heteroatoms. The first-order chi connectivity index (χ1) is 10.1. The summed E-state index contributed by atoms with van der Waals surface area (Å²) in [4.78, 5) is 4.24. The van der Waals surface area contributed by atoms with Gasteiger partial charge in [0.2, 0.25) is 0 Å². The SMILES string of the molecule is Nc1ccc2c(NCc3cc(F)ccc3F)ccnc2c1. The first-order valence-corrected chi connectivity index (χ1v) is 6.45. The lowest BCUT2D eigenvalue weighted by Gasteiger charge is -2.10. The van der Waals surface area contributed by atoms with Gasteiger partial charge in [-0.05, 0) is 42.5 Å². The zero-order valence-corrected chi connectivity index (χ0v) is 11.1. The minimum absolute atomic E-state index is 0.188. The van der Waals surface area contributed by atoms with Crippen LogP contribution in [0.4, 0.5) is 20.2 Å². The molecule has 3 aromatic rings. The highest BCUT2D eigenvalue weighted by molar-refractivity contribution is 5.92. The average Bonchev–Trinajstić information content (AvgIpc) is 2.47. The molecule has 0 fully saturated rings. The number of rotatable bonds is 3. The van der Waals surface area contributed by atoms with Gasteiger partial charge in [0.1, 0.15) is 11.6 Å². The van der Waals surface area contributed by atoms with Crippen molar-refractivity contribution in [2.24, 2.45) is 0 Å². The molecular formula is C16H13F2N3. The molecular weight excluding hydrogens is 272 g/mol. The van der Waals surface area contributed by atoms with Gasteiger partial charge in [0.25, 0.3) is 0 Å². The zero-order valence-electron chi connectivity index (χ0n) is 11.1. The number of nitrogens with two attached hydrogens (primary N) is 1. The summed E-state index contributed by atoms with van der Waals surface area (Å²) in [6.45, 7) is 0.188. The first-order valence-electron chi connectivity index (χ1n) is 6.45. The molecule has 2 aromatic carbocycles. The predicted octanol–water partition coefficient (Wildman–Crippen LogP) is 3.71. The topological polar surface area (TPSA) is 50.9 Å². The summed E-state index contributed by atoms with van der Waals surface area (Å²) < 4.78 is 26.8. The number of nitrogens with zero attached hydrogens (tertiary/aromatic N) is 1. The van der Waals surface area contributed by atoms with E-state index in [9.17, 15) is 8.78 Å². The lowest BCUT2D eigenvalue weighted by molar-refractivity contribution is 0.587.